The maximum absolute atomic E-state index is 12.4. The lowest BCUT2D eigenvalue weighted by Gasteiger charge is -2.19. The molecule has 0 spiro atoms. The molecule has 134 valence electrons. The van der Waals surface area contributed by atoms with Gasteiger partial charge in [-0.15, -0.1) is 0 Å². The summed E-state index contributed by atoms with van der Waals surface area (Å²) in [5, 5.41) is 7.30. The van der Waals surface area contributed by atoms with Crippen LogP contribution in [-0.2, 0) is 17.9 Å². The number of nitrogens with zero attached hydrogens (tertiary/aromatic N) is 3. The number of amides is 1. The monoisotopic (exact) mass is 348 g/mol. The van der Waals surface area contributed by atoms with Gasteiger partial charge in [0, 0.05) is 43.0 Å². The quantitative estimate of drug-likeness (QED) is 0.836. The Morgan fingerprint density at radius 2 is 2.20 bits per heavy atom. The second-order valence-electron chi connectivity index (χ2n) is 6.31. The van der Waals surface area contributed by atoms with Crippen molar-refractivity contribution in [2.45, 2.75) is 45.3 Å². The van der Waals surface area contributed by atoms with Crippen molar-refractivity contribution in [3.63, 3.8) is 0 Å². The highest BCUT2D eigenvalue weighted by Gasteiger charge is 2.22. The average molecular weight is 348 g/mol. The molecular weight excluding hydrogens is 326 g/mol. The lowest BCUT2D eigenvalue weighted by Crippen LogP contribution is -2.24. The van der Waals surface area contributed by atoms with E-state index in [-0.39, 0.29) is 18.5 Å². The van der Waals surface area contributed by atoms with Crippen LogP contribution in [0.4, 0.5) is 14.5 Å². The van der Waals surface area contributed by atoms with E-state index in [9.17, 15) is 13.6 Å². The van der Waals surface area contributed by atoms with Crippen molar-refractivity contribution in [2.24, 2.45) is 0 Å². The summed E-state index contributed by atoms with van der Waals surface area (Å²) in [4.78, 5) is 13.7. The zero-order valence-electron chi connectivity index (χ0n) is 14.2. The van der Waals surface area contributed by atoms with E-state index in [1.807, 2.05) is 36.1 Å². The minimum absolute atomic E-state index is 0.0658. The Hall–Kier alpha value is -2.28. The molecule has 1 saturated heterocycles. The summed E-state index contributed by atoms with van der Waals surface area (Å²) in [6.07, 6.45) is 2.34. The lowest BCUT2D eigenvalue weighted by molar-refractivity contribution is -0.117. The third-order valence-corrected chi connectivity index (χ3v) is 4.38. The molecule has 0 bridgehead atoms. The van der Waals surface area contributed by atoms with Crippen molar-refractivity contribution in [3.05, 3.63) is 47.8 Å². The van der Waals surface area contributed by atoms with E-state index in [4.69, 9.17) is 0 Å². The molecule has 1 aliphatic heterocycles. The Kier molecular flexibility index (Phi) is 5.43. The summed E-state index contributed by atoms with van der Waals surface area (Å²) in [6.45, 7) is 2.96. The van der Waals surface area contributed by atoms with E-state index in [0.717, 1.165) is 29.8 Å². The number of aromatic nitrogens is 2. The molecule has 1 aliphatic rings. The van der Waals surface area contributed by atoms with E-state index < -0.39 is 6.43 Å². The first-order chi connectivity index (χ1) is 12.0. The second-order valence-corrected chi connectivity index (χ2v) is 6.31. The molecule has 1 fully saturated rings. The number of carbonyl (C=O) groups excluding carboxylic acids is 1. The summed E-state index contributed by atoms with van der Waals surface area (Å²) in [7, 11) is 0. The van der Waals surface area contributed by atoms with Crippen molar-refractivity contribution >= 4 is 11.6 Å². The molecule has 1 aromatic heterocycles. The zero-order valence-corrected chi connectivity index (χ0v) is 14.2. The Labute approximate surface area is 145 Å². The number of rotatable bonds is 7. The molecule has 0 radical (unpaired) electrons. The Morgan fingerprint density at radius 3 is 2.92 bits per heavy atom. The van der Waals surface area contributed by atoms with Gasteiger partial charge in [0.05, 0.1) is 6.20 Å². The molecule has 0 aliphatic carbocycles. The van der Waals surface area contributed by atoms with Crippen molar-refractivity contribution in [2.75, 3.05) is 11.4 Å². The first-order valence-corrected chi connectivity index (χ1v) is 8.46. The van der Waals surface area contributed by atoms with Crippen LogP contribution in [0.25, 0.3) is 0 Å². The van der Waals surface area contributed by atoms with Crippen LogP contribution in [-0.4, -0.2) is 28.7 Å². The molecular formula is C18H22F2N4O. The number of halogens is 2. The highest BCUT2D eigenvalue weighted by molar-refractivity contribution is 5.95. The van der Waals surface area contributed by atoms with Crippen molar-refractivity contribution < 1.29 is 13.6 Å². The third kappa shape index (κ3) is 4.42. The third-order valence-electron chi connectivity index (χ3n) is 4.38. The van der Waals surface area contributed by atoms with E-state index >= 15 is 0 Å². The second kappa shape index (κ2) is 7.74. The summed E-state index contributed by atoms with van der Waals surface area (Å²) in [5.41, 5.74) is 2.87. The Balaban J connectivity index is 1.60. The topological polar surface area (TPSA) is 50.2 Å². The van der Waals surface area contributed by atoms with Gasteiger partial charge in [0.1, 0.15) is 6.54 Å². The molecule has 7 heteroatoms. The van der Waals surface area contributed by atoms with Crippen molar-refractivity contribution in [1.82, 2.24) is 15.1 Å². The number of benzene rings is 1. The molecule has 2 aromatic rings. The molecule has 1 atom stereocenters. The van der Waals surface area contributed by atoms with Crippen molar-refractivity contribution in [1.29, 1.82) is 0 Å². The van der Waals surface area contributed by atoms with Crippen LogP contribution < -0.4 is 10.2 Å². The lowest BCUT2D eigenvalue weighted by atomic mass is 10.1. The van der Waals surface area contributed by atoms with E-state index in [0.29, 0.717) is 13.0 Å². The molecule has 1 N–H and O–H groups in total. The van der Waals surface area contributed by atoms with Gasteiger partial charge in [0.2, 0.25) is 5.91 Å². The van der Waals surface area contributed by atoms with Crippen LogP contribution in [0.5, 0.6) is 0 Å². The molecule has 1 amide bonds. The standard InChI is InChI=1S/C18H22F2N4O/c1-13(21-9-14-10-22-23(11-14)12-17(19)20)15-4-2-5-16(8-15)24-7-3-6-18(24)25/h2,4-5,8,10-11,13,17,21H,3,6-7,9,12H2,1H3. The SMILES string of the molecule is CC(NCc1cnn(CC(F)F)c1)c1cccc(N2CCCC2=O)c1. The maximum atomic E-state index is 12.4. The van der Waals surface area contributed by atoms with Gasteiger partial charge in [0.25, 0.3) is 6.43 Å². The first kappa shape index (κ1) is 17.5. The van der Waals surface area contributed by atoms with Gasteiger partial charge < -0.3 is 10.2 Å². The largest absolute Gasteiger partial charge is 0.312 e. The number of hydrogen-bond acceptors (Lipinski definition) is 3. The molecule has 0 saturated carbocycles. The highest BCUT2D eigenvalue weighted by atomic mass is 19.3. The van der Waals surface area contributed by atoms with Gasteiger partial charge in [-0.25, -0.2) is 8.78 Å². The highest BCUT2D eigenvalue weighted by Crippen LogP contribution is 2.24. The predicted molar refractivity (Wildman–Crippen MR) is 91.5 cm³/mol. The van der Waals surface area contributed by atoms with Crippen LogP contribution >= 0.6 is 0 Å². The predicted octanol–water partition coefficient (Wildman–Crippen LogP) is 3.13. The van der Waals surface area contributed by atoms with Gasteiger partial charge in [-0.1, -0.05) is 12.1 Å². The van der Waals surface area contributed by atoms with E-state index in [1.165, 1.54) is 4.68 Å². The zero-order chi connectivity index (χ0) is 17.8. The molecule has 25 heavy (non-hydrogen) atoms. The molecule has 2 heterocycles. The van der Waals surface area contributed by atoms with Crippen LogP contribution in [0, 0.1) is 0 Å². The molecule has 5 nitrogen and oxygen atoms in total. The van der Waals surface area contributed by atoms with Gasteiger partial charge in [-0.2, -0.15) is 5.10 Å². The maximum Gasteiger partial charge on any atom is 0.257 e. The molecule has 1 unspecified atom stereocenters. The fraction of sp³-hybridized carbons (Fsp3) is 0.444. The number of anilines is 1. The number of alkyl halides is 2. The smallest absolute Gasteiger partial charge is 0.257 e. The normalized spacial score (nSPS) is 16.0. The summed E-state index contributed by atoms with van der Waals surface area (Å²) >= 11 is 0. The van der Waals surface area contributed by atoms with Gasteiger partial charge in [-0.3, -0.25) is 9.48 Å². The molecule has 1 aromatic carbocycles. The summed E-state index contributed by atoms with van der Waals surface area (Å²) in [6, 6.07) is 8.02. The van der Waals surface area contributed by atoms with Gasteiger partial charge in [0.15, 0.2) is 0 Å². The molecule has 3 rings (SSSR count). The fourth-order valence-corrected chi connectivity index (χ4v) is 3.01. The minimum Gasteiger partial charge on any atom is -0.312 e. The Morgan fingerprint density at radius 1 is 1.36 bits per heavy atom. The van der Waals surface area contributed by atoms with Crippen LogP contribution in [0.1, 0.15) is 36.9 Å². The number of hydrogen-bond donors (Lipinski definition) is 1. The van der Waals surface area contributed by atoms with Gasteiger partial charge >= 0.3 is 0 Å². The average Bonchev–Trinajstić information content (AvgIpc) is 3.21. The fourth-order valence-electron chi connectivity index (χ4n) is 3.01. The van der Waals surface area contributed by atoms with Crippen LogP contribution in [0.15, 0.2) is 36.7 Å². The summed E-state index contributed by atoms with van der Waals surface area (Å²) in [5.74, 6) is 0.171. The minimum atomic E-state index is -2.41. The van der Waals surface area contributed by atoms with Gasteiger partial charge in [-0.05, 0) is 31.0 Å². The van der Waals surface area contributed by atoms with Crippen LogP contribution in [0.3, 0.4) is 0 Å². The van der Waals surface area contributed by atoms with E-state index in [1.54, 1.807) is 12.4 Å². The first-order valence-electron chi connectivity index (χ1n) is 8.46. The van der Waals surface area contributed by atoms with E-state index in [2.05, 4.69) is 10.4 Å². The number of carbonyl (C=O) groups is 1. The van der Waals surface area contributed by atoms with Crippen molar-refractivity contribution in [3.8, 4) is 0 Å². The summed E-state index contributed by atoms with van der Waals surface area (Å²) < 4.78 is 26.0. The number of nitrogens with one attached hydrogen (secondary N) is 1. The Bertz CT molecular complexity index is 731. The van der Waals surface area contributed by atoms with Crippen LogP contribution in [0.2, 0.25) is 0 Å².